The number of halogens is 2. The Balaban J connectivity index is 3.50. The summed E-state index contributed by atoms with van der Waals surface area (Å²) in [6.45, 7) is 4.87. The first kappa shape index (κ1) is 16.5. The number of nitrogens with zero attached hydrogens (tertiary/aromatic N) is 2. The third-order valence-corrected chi connectivity index (χ3v) is 3.33. The number of nitro groups is 1. The average Bonchev–Trinajstić information content (AvgIpc) is 2.27. The van der Waals surface area contributed by atoms with E-state index in [1.54, 1.807) is 20.8 Å². The summed E-state index contributed by atoms with van der Waals surface area (Å²) in [6, 6.07) is 2.44. The largest absolute Gasteiger partial charge is 0.480 e. The van der Waals surface area contributed by atoms with Crippen molar-refractivity contribution in [3.63, 3.8) is 0 Å². The lowest BCUT2D eigenvalue weighted by atomic mass is 10.0. The first-order chi connectivity index (χ1) is 9.04. The minimum atomic E-state index is -1.10. The number of anilines is 1. The Morgan fingerprint density at radius 2 is 1.85 bits per heavy atom. The zero-order valence-electron chi connectivity index (χ0n) is 11.2. The second kappa shape index (κ2) is 5.85. The molecule has 1 aromatic rings. The van der Waals surface area contributed by atoms with Gasteiger partial charge in [-0.05, 0) is 26.8 Å². The summed E-state index contributed by atoms with van der Waals surface area (Å²) in [5.41, 5.74) is -0.796. The molecular weight excluding hydrogens is 307 g/mol. The molecule has 0 aliphatic rings. The normalized spacial score (nSPS) is 11.2. The number of aliphatic carboxylic acids is 1. The highest BCUT2D eigenvalue weighted by molar-refractivity contribution is 6.42. The lowest BCUT2D eigenvalue weighted by Crippen LogP contribution is -2.45. The van der Waals surface area contributed by atoms with Crippen LogP contribution in [0.25, 0.3) is 0 Å². The van der Waals surface area contributed by atoms with Gasteiger partial charge in [0, 0.05) is 11.6 Å². The van der Waals surface area contributed by atoms with Crippen LogP contribution in [0.5, 0.6) is 0 Å². The third-order valence-electron chi connectivity index (χ3n) is 2.61. The number of hydrogen-bond donors (Lipinski definition) is 1. The lowest BCUT2D eigenvalue weighted by Gasteiger charge is -2.36. The van der Waals surface area contributed by atoms with E-state index in [1.165, 1.54) is 11.0 Å². The third kappa shape index (κ3) is 3.74. The molecule has 1 aromatic carbocycles. The highest BCUT2D eigenvalue weighted by Gasteiger charge is 2.30. The monoisotopic (exact) mass is 320 g/mol. The second-order valence-electron chi connectivity index (χ2n) is 5.16. The van der Waals surface area contributed by atoms with Crippen LogP contribution in [-0.2, 0) is 4.79 Å². The van der Waals surface area contributed by atoms with E-state index in [-0.39, 0.29) is 28.0 Å². The maximum Gasteiger partial charge on any atom is 0.323 e. The van der Waals surface area contributed by atoms with E-state index >= 15 is 0 Å². The molecule has 20 heavy (non-hydrogen) atoms. The Morgan fingerprint density at radius 1 is 1.35 bits per heavy atom. The van der Waals surface area contributed by atoms with E-state index < -0.39 is 16.4 Å². The van der Waals surface area contributed by atoms with Crippen molar-refractivity contribution in [1.82, 2.24) is 0 Å². The summed E-state index contributed by atoms with van der Waals surface area (Å²) >= 11 is 11.7. The number of rotatable bonds is 4. The maximum atomic E-state index is 11.1. The van der Waals surface area contributed by atoms with Gasteiger partial charge in [0.2, 0.25) is 0 Å². The first-order valence-electron chi connectivity index (χ1n) is 5.67. The molecule has 0 saturated carbocycles. The quantitative estimate of drug-likeness (QED) is 0.677. The van der Waals surface area contributed by atoms with E-state index in [0.29, 0.717) is 0 Å². The summed E-state index contributed by atoms with van der Waals surface area (Å²) < 4.78 is 0. The molecule has 0 unspecified atom stereocenters. The topological polar surface area (TPSA) is 83.7 Å². The molecule has 6 nitrogen and oxygen atoms in total. The zero-order chi connectivity index (χ0) is 15.7. The van der Waals surface area contributed by atoms with Gasteiger partial charge in [0.1, 0.15) is 12.2 Å². The van der Waals surface area contributed by atoms with Crippen LogP contribution in [0.4, 0.5) is 11.4 Å². The number of nitro benzene ring substituents is 1. The molecule has 0 fully saturated rings. The highest BCUT2D eigenvalue weighted by atomic mass is 35.5. The van der Waals surface area contributed by atoms with Gasteiger partial charge in [0.05, 0.1) is 15.0 Å². The minimum absolute atomic E-state index is 0.0475. The van der Waals surface area contributed by atoms with Crippen molar-refractivity contribution in [2.75, 3.05) is 11.4 Å². The van der Waals surface area contributed by atoms with E-state index in [4.69, 9.17) is 28.3 Å². The van der Waals surface area contributed by atoms with Crippen molar-refractivity contribution in [3.05, 3.63) is 32.3 Å². The van der Waals surface area contributed by atoms with Crippen molar-refractivity contribution in [1.29, 1.82) is 0 Å². The van der Waals surface area contributed by atoms with Crippen molar-refractivity contribution in [3.8, 4) is 0 Å². The van der Waals surface area contributed by atoms with Crippen molar-refractivity contribution < 1.29 is 14.8 Å². The Kier molecular flexibility index (Phi) is 4.83. The fourth-order valence-corrected chi connectivity index (χ4v) is 2.02. The van der Waals surface area contributed by atoms with Crippen molar-refractivity contribution in [2.24, 2.45) is 0 Å². The highest BCUT2D eigenvalue weighted by Crippen LogP contribution is 2.38. The van der Waals surface area contributed by atoms with Gasteiger partial charge in [0.25, 0.3) is 5.69 Å². The number of carboxylic acids is 1. The van der Waals surface area contributed by atoms with E-state index in [0.717, 1.165) is 6.07 Å². The molecule has 0 amide bonds. The predicted octanol–water partition coefficient (Wildman–Crippen LogP) is 3.59. The molecule has 0 radical (unpaired) electrons. The second-order valence-corrected chi connectivity index (χ2v) is 5.98. The summed E-state index contributed by atoms with van der Waals surface area (Å²) in [6.07, 6.45) is 0. The zero-order valence-corrected chi connectivity index (χ0v) is 12.7. The summed E-state index contributed by atoms with van der Waals surface area (Å²) in [5, 5.41) is 20.3. The fourth-order valence-electron chi connectivity index (χ4n) is 1.71. The van der Waals surface area contributed by atoms with Crippen LogP contribution >= 0.6 is 23.2 Å². The molecule has 110 valence electrons. The average molecular weight is 321 g/mol. The molecule has 8 heteroatoms. The Hall–Kier alpha value is -1.53. The van der Waals surface area contributed by atoms with Crippen LogP contribution in [0, 0.1) is 10.1 Å². The van der Waals surface area contributed by atoms with E-state index in [2.05, 4.69) is 0 Å². The molecular formula is C12H14Cl2N2O4. The molecule has 1 rings (SSSR count). The van der Waals surface area contributed by atoms with E-state index in [9.17, 15) is 14.9 Å². The van der Waals surface area contributed by atoms with Crippen LogP contribution in [0.1, 0.15) is 20.8 Å². The Bertz CT molecular complexity index is 555. The molecule has 0 aliphatic carbocycles. The van der Waals surface area contributed by atoms with Crippen LogP contribution in [0.15, 0.2) is 12.1 Å². The number of carboxylic acid groups (broad SMARTS) is 1. The van der Waals surface area contributed by atoms with Crippen molar-refractivity contribution in [2.45, 2.75) is 26.3 Å². The number of carbonyl (C=O) groups is 1. The standard InChI is InChI=1S/C12H14Cl2N2O4/c1-12(2,3)15(6-11(17)18)9-4-7(13)8(14)5-10(9)16(19)20/h4-5H,6H2,1-3H3,(H,17,18). The fraction of sp³-hybridized carbons (Fsp3) is 0.417. The predicted molar refractivity (Wildman–Crippen MR) is 77.9 cm³/mol. The van der Waals surface area contributed by atoms with Gasteiger partial charge in [-0.2, -0.15) is 0 Å². The minimum Gasteiger partial charge on any atom is -0.480 e. The van der Waals surface area contributed by atoms with Crippen molar-refractivity contribution >= 4 is 40.5 Å². The molecule has 0 saturated heterocycles. The van der Waals surface area contributed by atoms with Gasteiger partial charge in [-0.15, -0.1) is 0 Å². The van der Waals surface area contributed by atoms with Gasteiger partial charge >= 0.3 is 5.97 Å². The van der Waals surface area contributed by atoms with Gasteiger partial charge in [-0.1, -0.05) is 23.2 Å². The van der Waals surface area contributed by atoms with Gasteiger partial charge in [-0.25, -0.2) is 0 Å². The maximum absolute atomic E-state index is 11.1. The summed E-state index contributed by atoms with van der Waals surface area (Å²) in [7, 11) is 0. The molecule has 0 aromatic heterocycles. The smallest absolute Gasteiger partial charge is 0.323 e. The molecule has 1 N–H and O–H groups in total. The first-order valence-corrected chi connectivity index (χ1v) is 6.42. The Labute approximate surface area is 126 Å². The van der Waals surface area contributed by atoms with Crippen LogP contribution in [-0.4, -0.2) is 28.1 Å². The van der Waals surface area contributed by atoms with E-state index in [1.807, 2.05) is 0 Å². The molecule has 0 aliphatic heterocycles. The molecule has 0 bridgehead atoms. The Morgan fingerprint density at radius 3 is 2.25 bits per heavy atom. The van der Waals surface area contributed by atoms with Crippen LogP contribution < -0.4 is 4.90 Å². The van der Waals surface area contributed by atoms with Gasteiger partial charge < -0.3 is 10.0 Å². The summed E-state index contributed by atoms with van der Waals surface area (Å²) in [5.74, 6) is -1.10. The van der Waals surface area contributed by atoms with Gasteiger partial charge in [0.15, 0.2) is 0 Å². The van der Waals surface area contributed by atoms with Gasteiger partial charge in [-0.3, -0.25) is 14.9 Å². The van der Waals surface area contributed by atoms with Crippen LogP contribution in [0.2, 0.25) is 10.0 Å². The summed E-state index contributed by atoms with van der Waals surface area (Å²) in [4.78, 5) is 22.9. The SMILES string of the molecule is CC(C)(C)N(CC(=O)O)c1cc(Cl)c(Cl)cc1[N+](=O)[O-]. The molecule has 0 spiro atoms. The molecule has 0 heterocycles. The molecule has 0 atom stereocenters. The lowest BCUT2D eigenvalue weighted by molar-refractivity contribution is -0.384. The number of hydrogen-bond acceptors (Lipinski definition) is 4. The number of benzene rings is 1. The van der Waals surface area contributed by atoms with Crippen LogP contribution in [0.3, 0.4) is 0 Å².